The van der Waals surface area contributed by atoms with E-state index in [1.54, 1.807) is 18.5 Å². The number of hydrogen-bond donors (Lipinski definition) is 0. The zero-order valence-electron chi connectivity index (χ0n) is 14.1. The molecule has 0 radical (unpaired) electrons. The van der Waals surface area contributed by atoms with Gasteiger partial charge in [0.05, 0.1) is 17.3 Å². The number of esters is 1. The SMILES string of the molecule is CCc1cnccc1C(=O)OC[C@@H]1CCCN1c1ccc(C)nn1. The molecule has 0 unspecified atom stereocenters. The normalized spacial score (nSPS) is 17.1. The molecule has 1 saturated heterocycles. The van der Waals surface area contributed by atoms with Crippen LogP contribution in [-0.4, -0.2) is 40.3 Å². The summed E-state index contributed by atoms with van der Waals surface area (Å²) in [4.78, 5) is 18.6. The summed E-state index contributed by atoms with van der Waals surface area (Å²) in [7, 11) is 0. The van der Waals surface area contributed by atoms with Crippen LogP contribution in [0.2, 0.25) is 0 Å². The van der Waals surface area contributed by atoms with Gasteiger partial charge in [0.1, 0.15) is 6.61 Å². The molecule has 0 N–H and O–H groups in total. The first-order valence-corrected chi connectivity index (χ1v) is 8.36. The Morgan fingerprint density at radius 1 is 1.33 bits per heavy atom. The van der Waals surface area contributed by atoms with Gasteiger partial charge in [-0.15, -0.1) is 5.10 Å². The maximum absolute atomic E-state index is 12.4. The van der Waals surface area contributed by atoms with Gasteiger partial charge in [0.15, 0.2) is 5.82 Å². The van der Waals surface area contributed by atoms with Crippen molar-refractivity contribution in [2.45, 2.75) is 39.2 Å². The topological polar surface area (TPSA) is 68.2 Å². The Kier molecular flexibility index (Phi) is 5.03. The highest BCUT2D eigenvalue weighted by Gasteiger charge is 2.27. The molecule has 0 aliphatic carbocycles. The number of pyridine rings is 1. The number of carbonyl (C=O) groups excluding carboxylic acids is 1. The number of anilines is 1. The van der Waals surface area contributed by atoms with E-state index in [1.807, 2.05) is 26.0 Å². The van der Waals surface area contributed by atoms with Crippen LogP contribution in [-0.2, 0) is 11.2 Å². The first kappa shape index (κ1) is 16.4. The second-order valence-electron chi connectivity index (χ2n) is 6.01. The summed E-state index contributed by atoms with van der Waals surface area (Å²) in [6.07, 6.45) is 6.15. The summed E-state index contributed by atoms with van der Waals surface area (Å²) in [5.74, 6) is 0.563. The van der Waals surface area contributed by atoms with Gasteiger partial charge in [0.25, 0.3) is 0 Å². The highest BCUT2D eigenvalue weighted by Crippen LogP contribution is 2.24. The highest BCUT2D eigenvalue weighted by molar-refractivity contribution is 5.90. The number of carbonyl (C=O) groups is 1. The summed E-state index contributed by atoms with van der Waals surface area (Å²) in [6.45, 7) is 5.19. The lowest BCUT2D eigenvalue weighted by Crippen LogP contribution is -2.34. The van der Waals surface area contributed by atoms with Gasteiger partial charge < -0.3 is 9.64 Å². The molecule has 0 aromatic carbocycles. The predicted octanol–water partition coefficient (Wildman–Crippen LogP) is 2.57. The van der Waals surface area contributed by atoms with Crippen LogP contribution in [0.4, 0.5) is 5.82 Å². The zero-order valence-corrected chi connectivity index (χ0v) is 14.1. The molecule has 0 amide bonds. The first-order valence-electron chi connectivity index (χ1n) is 8.36. The number of rotatable bonds is 5. The summed E-state index contributed by atoms with van der Waals surface area (Å²) >= 11 is 0. The average Bonchev–Trinajstić information content (AvgIpc) is 3.08. The fourth-order valence-electron chi connectivity index (χ4n) is 3.01. The van der Waals surface area contributed by atoms with E-state index in [2.05, 4.69) is 20.1 Å². The van der Waals surface area contributed by atoms with E-state index >= 15 is 0 Å². The molecule has 1 aliphatic heterocycles. The smallest absolute Gasteiger partial charge is 0.338 e. The van der Waals surface area contributed by atoms with E-state index in [0.29, 0.717) is 12.2 Å². The maximum Gasteiger partial charge on any atom is 0.338 e. The van der Waals surface area contributed by atoms with Gasteiger partial charge in [-0.25, -0.2) is 4.79 Å². The second-order valence-corrected chi connectivity index (χ2v) is 6.01. The van der Waals surface area contributed by atoms with Gasteiger partial charge in [-0.05, 0) is 49.9 Å². The van der Waals surface area contributed by atoms with Crippen molar-refractivity contribution in [2.24, 2.45) is 0 Å². The van der Waals surface area contributed by atoms with Gasteiger partial charge in [0, 0.05) is 18.9 Å². The van der Waals surface area contributed by atoms with E-state index in [-0.39, 0.29) is 12.0 Å². The fraction of sp³-hybridized carbons (Fsp3) is 0.444. The third kappa shape index (κ3) is 3.53. The van der Waals surface area contributed by atoms with Crippen LogP contribution >= 0.6 is 0 Å². The number of hydrogen-bond acceptors (Lipinski definition) is 6. The summed E-state index contributed by atoms with van der Waals surface area (Å²) in [5, 5.41) is 8.37. The van der Waals surface area contributed by atoms with Crippen molar-refractivity contribution in [3.8, 4) is 0 Å². The quantitative estimate of drug-likeness (QED) is 0.787. The number of aryl methyl sites for hydroxylation is 2. The Morgan fingerprint density at radius 2 is 2.21 bits per heavy atom. The Morgan fingerprint density at radius 3 is 2.96 bits per heavy atom. The van der Waals surface area contributed by atoms with Crippen LogP contribution in [0.5, 0.6) is 0 Å². The van der Waals surface area contributed by atoms with E-state index in [9.17, 15) is 4.79 Å². The van der Waals surface area contributed by atoms with Gasteiger partial charge in [-0.3, -0.25) is 4.98 Å². The van der Waals surface area contributed by atoms with E-state index in [1.165, 1.54) is 0 Å². The minimum atomic E-state index is -0.281. The molecule has 2 aromatic rings. The predicted molar refractivity (Wildman–Crippen MR) is 91.0 cm³/mol. The van der Waals surface area contributed by atoms with Crippen LogP contribution < -0.4 is 4.90 Å². The Labute approximate surface area is 141 Å². The molecule has 126 valence electrons. The zero-order chi connectivity index (χ0) is 16.9. The van der Waals surface area contributed by atoms with Crippen molar-refractivity contribution in [3.63, 3.8) is 0 Å². The van der Waals surface area contributed by atoms with Crippen molar-refractivity contribution in [2.75, 3.05) is 18.1 Å². The third-order valence-electron chi connectivity index (χ3n) is 4.37. The lowest BCUT2D eigenvalue weighted by Gasteiger charge is -2.25. The van der Waals surface area contributed by atoms with Gasteiger partial charge in [-0.2, -0.15) is 5.10 Å². The van der Waals surface area contributed by atoms with Crippen LogP contribution in [0, 0.1) is 6.92 Å². The minimum Gasteiger partial charge on any atom is -0.460 e. The van der Waals surface area contributed by atoms with Crippen LogP contribution in [0.3, 0.4) is 0 Å². The molecule has 1 aliphatic rings. The Balaban J connectivity index is 1.65. The molecule has 24 heavy (non-hydrogen) atoms. The second kappa shape index (κ2) is 7.38. The minimum absolute atomic E-state index is 0.151. The Hall–Kier alpha value is -2.50. The van der Waals surface area contributed by atoms with Crippen LogP contribution in [0.15, 0.2) is 30.6 Å². The molecular formula is C18H22N4O2. The standard InChI is InChI=1S/C18H22N4O2/c1-3-14-11-19-9-8-16(14)18(23)24-12-15-5-4-10-22(15)17-7-6-13(2)20-21-17/h6-9,11,15H,3-5,10,12H2,1-2H3/t15-/m0/s1. The molecule has 6 nitrogen and oxygen atoms in total. The van der Waals surface area contributed by atoms with Crippen LogP contribution in [0.1, 0.15) is 41.4 Å². The fourth-order valence-corrected chi connectivity index (χ4v) is 3.01. The average molecular weight is 326 g/mol. The van der Waals surface area contributed by atoms with Crippen molar-refractivity contribution < 1.29 is 9.53 Å². The molecular weight excluding hydrogens is 304 g/mol. The molecule has 0 spiro atoms. The van der Waals surface area contributed by atoms with Gasteiger partial charge in [0.2, 0.25) is 0 Å². The van der Waals surface area contributed by atoms with Crippen molar-refractivity contribution in [1.29, 1.82) is 0 Å². The molecule has 1 fully saturated rings. The van der Waals surface area contributed by atoms with E-state index in [0.717, 1.165) is 42.9 Å². The van der Waals surface area contributed by atoms with Crippen molar-refractivity contribution >= 4 is 11.8 Å². The lowest BCUT2D eigenvalue weighted by atomic mass is 10.1. The first-order chi connectivity index (χ1) is 11.7. The highest BCUT2D eigenvalue weighted by atomic mass is 16.5. The third-order valence-corrected chi connectivity index (χ3v) is 4.37. The lowest BCUT2D eigenvalue weighted by molar-refractivity contribution is 0.0481. The van der Waals surface area contributed by atoms with E-state index < -0.39 is 0 Å². The molecule has 6 heteroatoms. The molecule has 1 atom stereocenters. The molecule has 0 saturated carbocycles. The van der Waals surface area contributed by atoms with E-state index in [4.69, 9.17) is 4.74 Å². The molecule has 2 aromatic heterocycles. The largest absolute Gasteiger partial charge is 0.460 e. The molecule has 3 rings (SSSR count). The summed E-state index contributed by atoms with van der Waals surface area (Å²) in [5.41, 5.74) is 2.41. The molecule has 3 heterocycles. The van der Waals surface area contributed by atoms with Gasteiger partial charge in [-0.1, -0.05) is 6.92 Å². The van der Waals surface area contributed by atoms with Gasteiger partial charge >= 0.3 is 5.97 Å². The molecule has 0 bridgehead atoms. The Bertz CT molecular complexity index is 702. The monoisotopic (exact) mass is 326 g/mol. The number of nitrogens with zero attached hydrogens (tertiary/aromatic N) is 4. The number of ether oxygens (including phenoxy) is 1. The number of aromatic nitrogens is 3. The summed E-state index contributed by atoms with van der Waals surface area (Å²) < 4.78 is 5.57. The van der Waals surface area contributed by atoms with Crippen LogP contribution in [0.25, 0.3) is 0 Å². The van der Waals surface area contributed by atoms with Crippen molar-refractivity contribution in [3.05, 3.63) is 47.4 Å². The van der Waals surface area contributed by atoms with Crippen molar-refractivity contribution in [1.82, 2.24) is 15.2 Å². The summed E-state index contributed by atoms with van der Waals surface area (Å²) in [6, 6.07) is 5.80. The maximum atomic E-state index is 12.4.